The van der Waals surface area contributed by atoms with Crippen LogP contribution in [0.25, 0.3) is 11.0 Å². The van der Waals surface area contributed by atoms with Crippen molar-refractivity contribution in [2.75, 3.05) is 11.9 Å². The number of carbonyl (C=O) groups excluding carboxylic acids is 1. The molecule has 1 heterocycles. The van der Waals surface area contributed by atoms with Crippen molar-refractivity contribution < 1.29 is 23.5 Å². The maximum Gasteiger partial charge on any atom is 0.319 e. The summed E-state index contributed by atoms with van der Waals surface area (Å²) in [6.45, 7) is -0.0109. The second-order valence-corrected chi connectivity index (χ2v) is 4.18. The van der Waals surface area contributed by atoms with E-state index in [4.69, 9.17) is 5.11 Å². The molecule has 2 rings (SSSR count). The van der Waals surface area contributed by atoms with Gasteiger partial charge >= 0.3 is 12.0 Å². The minimum absolute atomic E-state index is 0.0109. The number of nitrogens with zero attached hydrogens (tertiary/aromatic N) is 1. The van der Waals surface area contributed by atoms with Crippen molar-refractivity contribution in [2.24, 2.45) is 0 Å². The predicted molar refractivity (Wildman–Crippen MR) is 70.3 cm³/mol. The normalized spacial score (nSPS) is 10.8. The highest BCUT2D eigenvalue weighted by Crippen LogP contribution is 2.22. The van der Waals surface area contributed by atoms with E-state index in [1.165, 1.54) is 18.2 Å². The maximum atomic E-state index is 12.5. The van der Waals surface area contributed by atoms with Crippen molar-refractivity contribution in [1.29, 1.82) is 0 Å². The van der Waals surface area contributed by atoms with E-state index in [0.717, 1.165) is 0 Å². The SMILES string of the molecule is O=C(O)CCNC(=O)Nc1ccc2nc(C(F)F)[nH]c2c1. The summed E-state index contributed by atoms with van der Waals surface area (Å²) < 4.78 is 25.0. The molecular weight excluding hydrogens is 286 g/mol. The number of hydrogen-bond donors (Lipinski definition) is 4. The van der Waals surface area contributed by atoms with E-state index < -0.39 is 24.3 Å². The van der Waals surface area contributed by atoms with Gasteiger partial charge in [0.25, 0.3) is 6.43 Å². The van der Waals surface area contributed by atoms with Crippen molar-refractivity contribution in [3.8, 4) is 0 Å². The number of urea groups is 1. The van der Waals surface area contributed by atoms with Gasteiger partial charge in [-0.3, -0.25) is 4.79 Å². The minimum atomic E-state index is -2.70. The summed E-state index contributed by atoms with van der Waals surface area (Å²) in [6.07, 6.45) is -2.89. The summed E-state index contributed by atoms with van der Waals surface area (Å²) in [6, 6.07) is 3.88. The van der Waals surface area contributed by atoms with Gasteiger partial charge in [-0.05, 0) is 18.2 Å². The summed E-state index contributed by atoms with van der Waals surface area (Å²) >= 11 is 0. The van der Waals surface area contributed by atoms with Crippen molar-refractivity contribution in [1.82, 2.24) is 15.3 Å². The van der Waals surface area contributed by atoms with E-state index in [1.54, 1.807) is 0 Å². The van der Waals surface area contributed by atoms with Gasteiger partial charge in [-0.15, -0.1) is 0 Å². The molecule has 7 nitrogen and oxygen atoms in total. The zero-order chi connectivity index (χ0) is 15.4. The van der Waals surface area contributed by atoms with Gasteiger partial charge < -0.3 is 20.7 Å². The summed E-state index contributed by atoms with van der Waals surface area (Å²) in [4.78, 5) is 27.9. The van der Waals surface area contributed by atoms with E-state index in [2.05, 4.69) is 20.6 Å². The quantitative estimate of drug-likeness (QED) is 0.678. The topological polar surface area (TPSA) is 107 Å². The van der Waals surface area contributed by atoms with Crippen LogP contribution in [-0.4, -0.2) is 33.6 Å². The second-order valence-electron chi connectivity index (χ2n) is 4.18. The van der Waals surface area contributed by atoms with Crippen LogP contribution in [0.2, 0.25) is 0 Å². The minimum Gasteiger partial charge on any atom is -0.481 e. The third kappa shape index (κ3) is 3.88. The molecule has 0 atom stereocenters. The summed E-state index contributed by atoms with van der Waals surface area (Å²) in [7, 11) is 0. The average Bonchev–Trinajstić information content (AvgIpc) is 2.81. The lowest BCUT2D eigenvalue weighted by molar-refractivity contribution is -0.136. The zero-order valence-electron chi connectivity index (χ0n) is 10.7. The fourth-order valence-electron chi connectivity index (χ4n) is 1.67. The van der Waals surface area contributed by atoms with Gasteiger partial charge in [0.15, 0.2) is 5.82 Å². The molecule has 0 aliphatic rings. The smallest absolute Gasteiger partial charge is 0.319 e. The number of amides is 2. The molecule has 0 saturated carbocycles. The molecule has 0 radical (unpaired) electrons. The standard InChI is InChI=1S/C12H12F2N4O3/c13-10(14)11-17-7-2-1-6(5-8(7)18-11)16-12(21)15-4-3-9(19)20/h1-2,5,10H,3-4H2,(H,17,18)(H,19,20)(H2,15,16,21). The number of rotatable bonds is 5. The van der Waals surface area contributed by atoms with Crippen molar-refractivity contribution >= 4 is 28.7 Å². The van der Waals surface area contributed by atoms with Gasteiger partial charge in [0.05, 0.1) is 17.5 Å². The van der Waals surface area contributed by atoms with Crippen LogP contribution in [0, 0.1) is 0 Å². The zero-order valence-corrected chi connectivity index (χ0v) is 10.7. The van der Waals surface area contributed by atoms with E-state index in [1.807, 2.05) is 0 Å². The van der Waals surface area contributed by atoms with E-state index in [-0.39, 0.29) is 13.0 Å². The number of carboxylic acid groups (broad SMARTS) is 1. The second kappa shape index (κ2) is 6.16. The molecule has 9 heteroatoms. The molecule has 0 saturated heterocycles. The highest BCUT2D eigenvalue weighted by molar-refractivity contribution is 5.92. The van der Waals surface area contributed by atoms with Gasteiger partial charge in [0.1, 0.15) is 0 Å². The number of nitrogens with one attached hydrogen (secondary N) is 3. The van der Waals surface area contributed by atoms with Crippen molar-refractivity contribution in [3.63, 3.8) is 0 Å². The van der Waals surface area contributed by atoms with E-state index >= 15 is 0 Å². The number of halogens is 2. The Labute approximate surface area is 117 Å². The molecule has 0 fully saturated rings. The van der Waals surface area contributed by atoms with Crippen LogP contribution in [0.15, 0.2) is 18.2 Å². The number of aliphatic carboxylic acids is 1. The number of aromatic amines is 1. The molecule has 21 heavy (non-hydrogen) atoms. The molecule has 4 N–H and O–H groups in total. The lowest BCUT2D eigenvalue weighted by Gasteiger charge is -2.06. The van der Waals surface area contributed by atoms with Crippen molar-refractivity contribution in [2.45, 2.75) is 12.8 Å². The van der Waals surface area contributed by atoms with Crippen LogP contribution in [0.1, 0.15) is 18.7 Å². The number of anilines is 1. The van der Waals surface area contributed by atoms with Gasteiger partial charge in [0, 0.05) is 12.2 Å². The lowest BCUT2D eigenvalue weighted by Crippen LogP contribution is -2.30. The Balaban J connectivity index is 2.02. The third-order valence-corrected chi connectivity index (χ3v) is 2.59. The monoisotopic (exact) mass is 298 g/mol. The largest absolute Gasteiger partial charge is 0.481 e. The highest BCUT2D eigenvalue weighted by atomic mass is 19.3. The molecular formula is C12H12F2N4O3. The summed E-state index contributed by atoms with van der Waals surface area (Å²) in [5, 5.41) is 13.3. The van der Waals surface area contributed by atoms with Crippen LogP contribution in [0.3, 0.4) is 0 Å². The number of hydrogen-bond acceptors (Lipinski definition) is 3. The number of H-pyrrole nitrogens is 1. The molecule has 1 aromatic carbocycles. The van der Waals surface area contributed by atoms with Crippen LogP contribution in [0.5, 0.6) is 0 Å². The van der Waals surface area contributed by atoms with E-state index in [0.29, 0.717) is 16.7 Å². The Bertz CT molecular complexity index is 672. The fraction of sp³-hybridized carbons (Fsp3) is 0.250. The van der Waals surface area contributed by atoms with E-state index in [9.17, 15) is 18.4 Å². The first-order valence-electron chi connectivity index (χ1n) is 6.00. The highest BCUT2D eigenvalue weighted by Gasteiger charge is 2.13. The predicted octanol–water partition coefficient (Wildman–Crippen LogP) is 2.10. The van der Waals surface area contributed by atoms with Gasteiger partial charge in [-0.2, -0.15) is 0 Å². The maximum absolute atomic E-state index is 12.5. The molecule has 0 unspecified atom stereocenters. The van der Waals surface area contributed by atoms with Crippen LogP contribution in [-0.2, 0) is 4.79 Å². The number of benzene rings is 1. The first-order valence-corrected chi connectivity index (χ1v) is 6.00. The molecule has 0 spiro atoms. The molecule has 1 aromatic heterocycles. The van der Waals surface area contributed by atoms with Gasteiger partial charge in [-0.25, -0.2) is 18.6 Å². The summed E-state index contributed by atoms with van der Waals surface area (Å²) in [5.74, 6) is -1.46. The molecule has 2 aromatic rings. The lowest BCUT2D eigenvalue weighted by atomic mass is 10.3. The third-order valence-electron chi connectivity index (χ3n) is 2.59. The Morgan fingerprint density at radius 2 is 2.14 bits per heavy atom. The number of carboxylic acids is 1. The van der Waals surface area contributed by atoms with Crippen LogP contribution < -0.4 is 10.6 Å². The Morgan fingerprint density at radius 3 is 2.81 bits per heavy atom. The number of imidazole rings is 1. The molecule has 0 aliphatic heterocycles. The molecule has 0 aliphatic carbocycles. The van der Waals surface area contributed by atoms with Crippen molar-refractivity contribution in [3.05, 3.63) is 24.0 Å². The Kier molecular flexibility index (Phi) is 4.31. The number of carbonyl (C=O) groups is 2. The van der Waals surface area contributed by atoms with Crippen LogP contribution >= 0.6 is 0 Å². The number of fused-ring (bicyclic) bond motifs is 1. The molecule has 0 bridgehead atoms. The molecule has 112 valence electrons. The average molecular weight is 298 g/mol. The first kappa shape index (κ1) is 14.7. The van der Waals surface area contributed by atoms with Gasteiger partial charge in [0.2, 0.25) is 0 Å². The first-order chi connectivity index (χ1) is 9.95. The van der Waals surface area contributed by atoms with Gasteiger partial charge in [-0.1, -0.05) is 0 Å². The number of aromatic nitrogens is 2. The molecule has 2 amide bonds. The van der Waals surface area contributed by atoms with Crippen LogP contribution in [0.4, 0.5) is 19.3 Å². The fourth-order valence-corrected chi connectivity index (χ4v) is 1.67. The Hall–Kier alpha value is -2.71. The Morgan fingerprint density at radius 1 is 1.38 bits per heavy atom. The summed E-state index contributed by atoms with van der Waals surface area (Å²) in [5.41, 5.74) is 1.11. The number of alkyl halides is 2.